The number of carbonyl (C=O) groups is 1. The van der Waals surface area contributed by atoms with Crippen LogP contribution in [-0.2, 0) is 9.53 Å². The molecule has 0 aromatic carbocycles. The van der Waals surface area contributed by atoms with Crippen molar-refractivity contribution in [1.29, 1.82) is 0 Å². The normalized spacial score (nSPS) is 9.75. The van der Waals surface area contributed by atoms with E-state index in [1.807, 2.05) is 0 Å². The SMILES string of the molecule is C=CCOCCCCCC(=O)F. The minimum Gasteiger partial charge on any atom is -0.377 e. The number of halogens is 1. The first-order chi connectivity index (χ1) is 5.77. The number of hydrogen-bond acceptors (Lipinski definition) is 2. The lowest BCUT2D eigenvalue weighted by Crippen LogP contribution is -1.95. The van der Waals surface area contributed by atoms with Gasteiger partial charge in [-0.1, -0.05) is 12.5 Å². The highest BCUT2D eigenvalue weighted by Crippen LogP contribution is 2.01. The van der Waals surface area contributed by atoms with Gasteiger partial charge < -0.3 is 4.74 Å². The quantitative estimate of drug-likeness (QED) is 0.320. The molecule has 0 N–H and O–H groups in total. The molecule has 2 nitrogen and oxygen atoms in total. The monoisotopic (exact) mass is 174 g/mol. The molecule has 0 aromatic rings. The van der Waals surface area contributed by atoms with Crippen LogP contribution in [0.2, 0.25) is 0 Å². The van der Waals surface area contributed by atoms with E-state index in [2.05, 4.69) is 6.58 Å². The first-order valence-electron chi connectivity index (χ1n) is 4.14. The summed E-state index contributed by atoms with van der Waals surface area (Å²) in [4.78, 5) is 9.87. The topological polar surface area (TPSA) is 26.3 Å². The lowest BCUT2D eigenvalue weighted by molar-refractivity contribution is -0.129. The Morgan fingerprint density at radius 2 is 2.17 bits per heavy atom. The van der Waals surface area contributed by atoms with Gasteiger partial charge in [-0.25, -0.2) is 0 Å². The van der Waals surface area contributed by atoms with Crippen LogP contribution in [0.4, 0.5) is 4.39 Å². The second-order valence-electron chi connectivity index (χ2n) is 2.53. The maximum Gasteiger partial charge on any atom is 0.301 e. The van der Waals surface area contributed by atoms with Crippen LogP contribution >= 0.6 is 0 Å². The van der Waals surface area contributed by atoms with Gasteiger partial charge in [0.25, 0.3) is 0 Å². The molecule has 0 aliphatic rings. The van der Waals surface area contributed by atoms with E-state index in [9.17, 15) is 9.18 Å². The zero-order chi connectivity index (χ0) is 9.23. The highest BCUT2D eigenvalue weighted by atomic mass is 19.1. The molecule has 0 amide bonds. The number of carbonyl (C=O) groups excluding carboxylic acids is 1. The average Bonchev–Trinajstić information content (AvgIpc) is 2.02. The summed E-state index contributed by atoms with van der Waals surface area (Å²) in [6.07, 6.45) is 4.06. The first-order valence-corrected chi connectivity index (χ1v) is 4.14. The third-order valence-electron chi connectivity index (χ3n) is 1.40. The summed E-state index contributed by atoms with van der Waals surface area (Å²) in [5.41, 5.74) is 0. The van der Waals surface area contributed by atoms with Crippen molar-refractivity contribution in [1.82, 2.24) is 0 Å². The molecule has 0 saturated carbocycles. The molecule has 70 valence electrons. The Kier molecular flexibility index (Phi) is 7.91. The van der Waals surface area contributed by atoms with Crippen molar-refractivity contribution in [3.8, 4) is 0 Å². The van der Waals surface area contributed by atoms with E-state index in [-0.39, 0.29) is 6.42 Å². The molecular weight excluding hydrogens is 159 g/mol. The molecule has 0 saturated heterocycles. The molecule has 0 atom stereocenters. The number of ether oxygens (including phenoxy) is 1. The molecule has 0 aliphatic carbocycles. The highest BCUT2D eigenvalue weighted by Gasteiger charge is 1.96. The molecule has 3 heteroatoms. The summed E-state index contributed by atoms with van der Waals surface area (Å²) < 4.78 is 16.7. The fraction of sp³-hybridized carbons (Fsp3) is 0.667. The van der Waals surface area contributed by atoms with E-state index in [1.165, 1.54) is 0 Å². The average molecular weight is 174 g/mol. The van der Waals surface area contributed by atoms with Crippen LogP contribution in [0.3, 0.4) is 0 Å². The maximum absolute atomic E-state index is 11.6. The van der Waals surface area contributed by atoms with Crippen molar-refractivity contribution in [3.05, 3.63) is 12.7 Å². The van der Waals surface area contributed by atoms with Gasteiger partial charge in [0.1, 0.15) is 0 Å². The van der Waals surface area contributed by atoms with Gasteiger partial charge in [0.05, 0.1) is 6.61 Å². The molecule has 0 fully saturated rings. The standard InChI is InChI=1S/C9H15FO2/c1-2-7-12-8-5-3-4-6-9(10)11/h2H,1,3-8H2. The fourth-order valence-corrected chi connectivity index (χ4v) is 0.812. The largest absolute Gasteiger partial charge is 0.377 e. The second-order valence-corrected chi connectivity index (χ2v) is 2.53. The Morgan fingerprint density at radius 1 is 1.42 bits per heavy atom. The van der Waals surface area contributed by atoms with Crippen LogP contribution in [-0.4, -0.2) is 19.3 Å². The summed E-state index contributed by atoms with van der Waals surface area (Å²) in [7, 11) is 0. The van der Waals surface area contributed by atoms with Gasteiger partial charge in [-0.15, -0.1) is 6.58 Å². The predicted octanol–water partition coefficient (Wildman–Crippen LogP) is 2.25. The summed E-state index contributed by atoms with van der Waals surface area (Å²) >= 11 is 0. The van der Waals surface area contributed by atoms with Crippen molar-refractivity contribution in [3.63, 3.8) is 0 Å². The zero-order valence-electron chi connectivity index (χ0n) is 7.22. The van der Waals surface area contributed by atoms with Crippen LogP contribution in [0.25, 0.3) is 0 Å². The van der Waals surface area contributed by atoms with Crippen molar-refractivity contribution < 1.29 is 13.9 Å². The number of unbranched alkanes of at least 4 members (excludes halogenated alkanes) is 2. The number of rotatable bonds is 8. The Bertz CT molecular complexity index is 134. The van der Waals surface area contributed by atoms with Crippen molar-refractivity contribution in [2.75, 3.05) is 13.2 Å². The fourth-order valence-electron chi connectivity index (χ4n) is 0.812. The van der Waals surface area contributed by atoms with Crippen molar-refractivity contribution >= 4 is 6.04 Å². The van der Waals surface area contributed by atoms with Crippen molar-refractivity contribution in [2.45, 2.75) is 25.7 Å². The molecule has 0 radical (unpaired) electrons. The molecular formula is C9H15FO2. The van der Waals surface area contributed by atoms with Crippen LogP contribution in [0.15, 0.2) is 12.7 Å². The highest BCUT2D eigenvalue weighted by molar-refractivity contribution is 5.67. The van der Waals surface area contributed by atoms with E-state index in [1.54, 1.807) is 6.08 Å². The smallest absolute Gasteiger partial charge is 0.301 e. The third-order valence-corrected chi connectivity index (χ3v) is 1.40. The molecule has 0 bridgehead atoms. The Balaban J connectivity index is 2.90. The predicted molar refractivity (Wildman–Crippen MR) is 45.6 cm³/mol. The van der Waals surface area contributed by atoms with Crippen LogP contribution < -0.4 is 0 Å². The molecule has 0 heterocycles. The van der Waals surface area contributed by atoms with E-state index < -0.39 is 6.04 Å². The zero-order valence-corrected chi connectivity index (χ0v) is 7.22. The van der Waals surface area contributed by atoms with E-state index in [4.69, 9.17) is 4.74 Å². The number of hydrogen-bond donors (Lipinski definition) is 0. The second kappa shape index (κ2) is 8.40. The van der Waals surface area contributed by atoms with Crippen LogP contribution in [0, 0.1) is 0 Å². The minimum atomic E-state index is -1.22. The molecule has 0 rings (SSSR count). The van der Waals surface area contributed by atoms with Gasteiger partial charge in [0.2, 0.25) is 0 Å². The lowest BCUT2D eigenvalue weighted by Gasteiger charge is -1.99. The maximum atomic E-state index is 11.6. The Labute approximate surface area is 72.4 Å². The van der Waals surface area contributed by atoms with Gasteiger partial charge in [-0.05, 0) is 12.8 Å². The van der Waals surface area contributed by atoms with Crippen LogP contribution in [0.5, 0.6) is 0 Å². The molecule has 0 aromatic heterocycles. The summed E-state index contributed by atoms with van der Waals surface area (Å²) in [6, 6.07) is -1.22. The van der Waals surface area contributed by atoms with Gasteiger partial charge in [-0.2, -0.15) is 4.39 Å². The summed E-state index contributed by atoms with van der Waals surface area (Å²) in [5, 5.41) is 0. The Morgan fingerprint density at radius 3 is 2.75 bits per heavy atom. The van der Waals surface area contributed by atoms with E-state index in [0.717, 1.165) is 12.8 Å². The van der Waals surface area contributed by atoms with Gasteiger partial charge >= 0.3 is 6.04 Å². The van der Waals surface area contributed by atoms with E-state index >= 15 is 0 Å². The summed E-state index contributed by atoms with van der Waals surface area (Å²) in [5.74, 6) is 0. The molecule has 0 unspecified atom stereocenters. The van der Waals surface area contributed by atoms with Gasteiger partial charge in [0.15, 0.2) is 0 Å². The third kappa shape index (κ3) is 9.30. The van der Waals surface area contributed by atoms with Crippen molar-refractivity contribution in [2.24, 2.45) is 0 Å². The Hall–Kier alpha value is -0.700. The molecule has 0 spiro atoms. The van der Waals surface area contributed by atoms with E-state index in [0.29, 0.717) is 19.6 Å². The molecule has 0 aliphatic heterocycles. The van der Waals surface area contributed by atoms with Crippen LogP contribution in [0.1, 0.15) is 25.7 Å². The minimum absolute atomic E-state index is 0.0431. The first kappa shape index (κ1) is 11.3. The van der Waals surface area contributed by atoms with Gasteiger partial charge in [0, 0.05) is 13.0 Å². The molecule has 12 heavy (non-hydrogen) atoms. The summed E-state index contributed by atoms with van der Waals surface area (Å²) in [6.45, 7) is 4.72. The lowest BCUT2D eigenvalue weighted by atomic mass is 10.2. The van der Waals surface area contributed by atoms with Gasteiger partial charge in [-0.3, -0.25) is 4.79 Å².